The van der Waals surface area contributed by atoms with Gasteiger partial charge >= 0.3 is 5.97 Å². The molecule has 0 saturated carbocycles. The van der Waals surface area contributed by atoms with Gasteiger partial charge in [-0.25, -0.2) is 4.79 Å². The van der Waals surface area contributed by atoms with E-state index in [9.17, 15) is 9.59 Å². The summed E-state index contributed by atoms with van der Waals surface area (Å²) in [4.78, 5) is 25.3. The van der Waals surface area contributed by atoms with Gasteiger partial charge in [-0.2, -0.15) is 0 Å². The fourth-order valence-electron chi connectivity index (χ4n) is 4.25. The van der Waals surface area contributed by atoms with Crippen LogP contribution >= 0.6 is 0 Å². The number of methoxy groups -OCH3 is 1. The van der Waals surface area contributed by atoms with Crippen LogP contribution in [0.3, 0.4) is 0 Å². The quantitative estimate of drug-likeness (QED) is 0.293. The second kappa shape index (κ2) is 14.1. The Labute approximate surface area is 224 Å². The number of amides is 1. The molecule has 1 heterocycles. The van der Waals surface area contributed by atoms with Gasteiger partial charge in [-0.15, -0.1) is 0 Å². The van der Waals surface area contributed by atoms with E-state index in [1.165, 1.54) is 0 Å². The molecule has 3 aromatic rings. The topological polar surface area (TPSA) is 88.0 Å². The van der Waals surface area contributed by atoms with Gasteiger partial charge in [-0.3, -0.25) is 4.79 Å². The predicted octanol–water partition coefficient (Wildman–Crippen LogP) is 5.20. The summed E-state index contributed by atoms with van der Waals surface area (Å²) >= 11 is 0. The predicted molar refractivity (Wildman–Crippen MR) is 147 cm³/mol. The first-order valence-electron chi connectivity index (χ1n) is 13.1. The maximum Gasteiger partial charge on any atom is 0.339 e. The molecule has 0 aliphatic heterocycles. The number of rotatable bonds is 14. The van der Waals surface area contributed by atoms with Crippen molar-refractivity contribution in [3.05, 3.63) is 65.4 Å². The first-order chi connectivity index (χ1) is 18.4. The van der Waals surface area contributed by atoms with Crippen LogP contribution in [0.25, 0.3) is 11.3 Å². The van der Waals surface area contributed by atoms with E-state index >= 15 is 0 Å². The molecule has 0 aliphatic rings. The Hall–Kier alpha value is -3.94. The number of nitrogens with zero attached hydrogens (tertiary/aromatic N) is 1. The number of ether oxygens (including phenoxy) is 4. The van der Waals surface area contributed by atoms with Gasteiger partial charge in [-0.1, -0.05) is 6.07 Å². The van der Waals surface area contributed by atoms with E-state index in [1.54, 1.807) is 14.0 Å². The molecule has 0 fully saturated rings. The summed E-state index contributed by atoms with van der Waals surface area (Å²) in [5.41, 5.74) is 4.09. The van der Waals surface area contributed by atoms with Crippen molar-refractivity contribution in [2.75, 3.05) is 33.5 Å². The van der Waals surface area contributed by atoms with Crippen molar-refractivity contribution in [2.24, 2.45) is 0 Å². The lowest BCUT2D eigenvalue weighted by Crippen LogP contribution is -2.26. The van der Waals surface area contributed by atoms with Gasteiger partial charge in [0.05, 0.1) is 32.5 Å². The Morgan fingerprint density at radius 3 is 2.26 bits per heavy atom. The molecule has 1 aromatic heterocycles. The molecule has 38 heavy (non-hydrogen) atoms. The lowest BCUT2D eigenvalue weighted by atomic mass is 10.1. The van der Waals surface area contributed by atoms with E-state index in [1.807, 2.05) is 73.9 Å². The van der Waals surface area contributed by atoms with Gasteiger partial charge in [-0.05, 0) is 87.7 Å². The Bertz CT molecular complexity index is 1220. The first kappa shape index (κ1) is 28.6. The van der Waals surface area contributed by atoms with E-state index in [4.69, 9.17) is 18.9 Å². The minimum absolute atomic E-state index is 0.0626. The van der Waals surface area contributed by atoms with Crippen LogP contribution in [0.4, 0.5) is 0 Å². The Kier molecular flexibility index (Phi) is 10.6. The summed E-state index contributed by atoms with van der Waals surface area (Å²) < 4.78 is 23.8. The number of aromatic nitrogens is 1. The van der Waals surface area contributed by atoms with Gasteiger partial charge < -0.3 is 28.8 Å². The fraction of sp³-hybridized carbons (Fsp3) is 0.400. The highest BCUT2D eigenvalue weighted by Crippen LogP contribution is 2.30. The Morgan fingerprint density at radius 1 is 0.895 bits per heavy atom. The van der Waals surface area contributed by atoms with Crippen LogP contribution in [-0.4, -0.2) is 49.9 Å². The Morgan fingerprint density at radius 2 is 1.61 bits per heavy atom. The number of carbonyl (C=O) groups excluding carboxylic acids is 2. The molecule has 0 saturated heterocycles. The maximum absolute atomic E-state index is 12.7. The van der Waals surface area contributed by atoms with Crippen molar-refractivity contribution >= 4 is 11.9 Å². The van der Waals surface area contributed by atoms with Crippen molar-refractivity contribution < 1.29 is 28.5 Å². The van der Waals surface area contributed by atoms with Gasteiger partial charge in [0.15, 0.2) is 11.5 Å². The lowest BCUT2D eigenvalue weighted by molar-refractivity contribution is -0.121. The second-order valence-electron chi connectivity index (χ2n) is 8.63. The maximum atomic E-state index is 12.7. The molecule has 204 valence electrons. The van der Waals surface area contributed by atoms with Gasteiger partial charge in [0, 0.05) is 30.9 Å². The zero-order valence-corrected chi connectivity index (χ0v) is 23.0. The van der Waals surface area contributed by atoms with Crippen LogP contribution in [0.1, 0.15) is 48.8 Å². The molecule has 0 aliphatic carbocycles. The Balaban J connectivity index is 1.67. The summed E-state index contributed by atoms with van der Waals surface area (Å²) in [6.45, 7) is 9.87. The minimum atomic E-state index is -0.371. The van der Waals surface area contributed by atoms with Crippen LogP contribution < -0.4 is 19.5 Å². The van der Waals surface area contributed by atoms with E-state index in [2.05, 4.69) is 5.32 Å². The number of benzene rings is 2. The second-order valence-corrected chi connectivity index (χ2v) is 8.63. The zero-order valence-electron chi connectivity index (χ0n) is 23.0. The summed E-state index contributed by atoms with van der Waals surface area (Å²) in [6.07, 6.45) is 0.944. The summed E-state index contributed by atoms with van der Waals surface area (Å²) in [7, 11) is 1.62. The first-order valence-corrected chi connectivity index (χ1v) is 13.1. The fourth-order valence-corrected chi connectivity index (χ4v) is 4.25. The number of hydrogen-bond acceptors (Lipinski definition) is 6. The van der Waals surface area contributed by atoms with E-state index in [0.717, 1.165) is 34.0 Å². The van der Waals surface area contributed by atoms with E-state index in [0.29, 0.717) is 50.6 Å². The number of hydrogen-bond donors (Lipinski definition) is 1. The largest absolute Gasteiger partial charge is 0.497 e. The molecule has 0 radical (unpaired) electrons. The number of carbonyl (C=O) groups is 2. The average Bonchev–Trinajstić information content (AvgIpc) is 3.25. The van der Waals surface area contributed by atoms with Gasteiger partial charge in [0.25, 0.3) is 0 Å². The molecule has 1 N–H and O–H groups in total. The molecule has 0 spiro atoms. The molecule has 0 atom stereocenters. The molecule has 8 nitrogen and oxygen atoms in total. The third kappa shape index (κ3) is 7.31. The van der Waals surface area contributed by atoms with Crippen molar-refractivity contribution in [1.29, 1.82) is 0 Å². The van der Waals surface area contributed by atoms with Crippen molar-refractivity contribution in [2.45, 2.75) is 47.1 Å². The molecular weight excluding hydrogens is 484 g/mol. The van der Waals surface area contributed by atoms with Crippen LogP contribution in [0, 0.1) is 6.92 Å². The van der Waals surface area contributed by atoms with Crippen LogP contribution in [-0.2, 0) is 22.5 Å². The monoisotopic (exact) mass is 522 g/mol. The smallest absolute Gasteiger partial charge is 0.339 e. The third-order valence-corrected chi connectivity index (χ3v) is 6.15. The summed E-state index contributed by atoms with van der Waals surface area (Å²) in [6, 6.07) is 15.3. The zero-order chi connectivity index (χ0) is 27.5. The molecule has 1 amide bonds. The average molecular weight is 523 g/mol. The molecule has 8 heteroatoms. The van der Waals surface area contributed by atoms with Crippen molar-refractivity contribution in [3.63, 3.8) is 0 Å². The number of nitrogens with one attached hydrogen (secondary N) is 1. The summed E-state index contributed by atoms with van der Waals surface area (Å²) in [5, 5.41) is 3.00. The highest BCUT2D eigenvalue weighted by molar-refractivity contribution is 5.92. The van der Waals surface area contributed by atoms with E-state index in [-0.39, 0.29) is 18.3 Å². The number of esters is 1. The highest BCUT2D eigenvalue weighted by Gasteiger charge is 2.20. The van der Waals surface area contributed by atoms with Crippen molar-refractivity contribution in [3.8, 4) is 28.5 Å². The normalized spacial score (nSPS) is 10.7. The highest BCUT2D eigenvalue weighted by atomic mass is 16.5. The van der Waals surface area contributed by atoms with Crippen molar-refractivity contribution in [1.82, 2.24) is 9.88 Å². The van der Waals surface area contributed by atoms with E-state index < -0.39 is 0 Å². The molecular formula is C30H38N2O6. The minimum Gasteiger partial charge on any atom is -0.497 e. The molecule has 0 bridgehead atoms. The standard InChI is InChI=1S/C30H38N2O6/c1-6-36-27-14-9-22(19-28(27)37-7-2)15-17-31-29(33)16-18-32-21(4)25(30(34)38-8-3)20-26(32)23-10-12-24(35-5)13-11-23/h9-14,19-20H,6-8,15-18H2,1-5H3,(H,31,33). The third-order valence-electron chi connectivity index (χ3n) is 6.15. The SMILES string of the molecule is CCOC(=O)c1cc(-c2ccc(OC)cc2)n(CCC(=O)NCCc2ccc(OCC)c(OCC)c2)c1C. The molecule has 3 rings (SSSR count). The van der Waals surface area contributed by atoms with Crippen LogP contribution in [0.15, 0.2) is 48.5 Å². The van der Waals surface area contributed by atoms with Gasteiger partial charge in [0.1, 0.15) is 5.75 Å². The lowest BCUT2D eigenvalue weighted by Gasteiger charge is -2.14. The molecule has 2 aromatic carbocycles. The van der Waals surface area contributed by atoms with Crippen LogP contribution in [0.5, 0.6) is 17.2 Å². The molecule has 0 unspecified atom stereocenters. The van der Waals surface area contributed by atoms with Crippen LogP contribution in [0.2, 0.25) is 0 Å². The summed E-state index contributed by atoms with van der Waals surface area (Å²) in [5.74, 6) is 1.75. The van der Waals surface area contributed by atoms with Gasteiger partial charge in [0.2, 0.25) is 5.91 Å².